The Morgan fingerprint density at radius 2 is 1.86 bits per heavy atom. The molecule has 35 heavy (non-hydrogen) atoms. The predicted molar refractivity (Wildman–Crippen MR) is 131 cm³/mol. The maximum Gasteiger partial charge on any atom is 0.295 e. The van der Waals surface area contributed by atoms with Crippen molar-refractivity contribution in [1.82, 2.24) is 9.80 Å². The topological polar surface area (TPSA) is 88.5 Å². The van der Waals surface area contributed by atoms with E-state index in [1.807, 2.05) is 25.1 Å². The fraction of sp³-hybridized carbons (Fsp3) is 0.407. The van der Waals surface area contributed by atoms with Crippen molar-refractivity contribution in [2.24, 2.45) is 0 Å². The van der Waals surface area contributed by atoms with E-state index in [0.717, 1.165) is 19.6 Å². The van der Waals surface area contributed by atoms with Crippen LogP contribution in [0.4, 0.5) is 0 Å². The van der Waals surface area contributed by atoms with Crippen LogP contribution in [0.3, 0.4) is 0 Å². The van der Waals surface area contributed by atoms with Crippen LogP contribution < -0.4 is 9.47 Å². The number of nitrogens with zero attached hydrogens (tertiary/aromatic N) is 2. The molecule has 1 atom stereocenters. The van der Waals surface area contributed by atoms with Gasteiger partial charge in [-0.1, -0.05) is 30.3 Å². The van der Waals surface area contributed by atoms with Crippen LogP contribution in [0, 0.1) is 0 Å². The molecule has 2 aliphatic heterocycles. The number of hydrogen-bond donors (Lipinski definition) is 1. The molecule has 0 radical (unpaired) electrons. The molecule has 4 rings (SSSR count). The molecule has 2 heterocycles. The number of rotatable bonds is 9. The smallest absolute Gasteiger partial charge is 0.295 e. The van der Waals surface area contributed by atoms with Gasteiger partial charge in [-0.05, 0) is 31.5 Å². The van der Waals surface area contributed by atoms with Crippen LogP contribution in [-0.2, 0) is 14.3 Å². The molecule has 0 aliphatic carbocycles. The summed E-state index contributed by atoms with van der Waals surface area (Å²) in [6.07, 6.45) is 0.693. The zero-order chi connectivity index (χ0) is 24.8. The second-order valence-electron chi connectivity index (χ2n) is 8.50. The van der Waals surface area contributed by atoms with Gasteiger partial charge in [0.25, 0.3) is 11.7 Å². The molecule has 1 unspecified atom stereocenters. The first-order chi connectivity index (χ1) is 17.0. The number of likely N-dealkylation sites (tertiary alicyclic amines) is 1. The lowest BCUT2D eigenvalue weighted by atomic mass is 9.94. The molecule has 0 aromatic heterocycles. The maximum atomic E-state index is 13.3. The van der Waals surface area contributed by atoms with E-state index >= 15 is 0 Å². The molecule has 0 spiro atoms. The predicted octanol–water partition coefficient (Wildman–Crippen LogP) is 3.24. The summed E-state index contributed by atoms with van der Waals surface area (Å²) in [6, 6.07) is 13.4. The lowest BCUT2D eigenvalue weighted by Crippen LogP contribution is -2.39. The molecule has 0 bridgehead atoms. The number of aliphatic hydroxyl groups excluding tert-OH is 1. The van der Waals surface area contributed by atoms with Crippen molar-refractivity contribution < 1.29 is 28.9 Å². The van der Waals surface area contributed by atoms with E-state index in [-0.39, 0.29) is 11.3 Å². The third-order valence-electron chi connectivity index (χ3n) is 6.37. The minimum absolute atomic E-state index is 0.0551. The van der Waals surface area contributed by atoms with Gasteiger partial charge in [0.15, 0.2) is 0 Å². The first-order valence-corrected chi connectivity index (χ1v) is 12.0. The first kappa shape index (κ1) is 24.8. The largest absolute Gasteiger partial charge is 0.507 e. The molecule has 0 saturated carbocycles. The average Bonchev–Trinajstić information content (AvgIpc) is 3.14. The van der Waals surface area contributed by atoms with Crippen molar-refractivity contribution in [3.8, 4) is 11.5 Å². The fourth-order valence-corrected chi connectivity index (χ4v) is 4.67. The number of Topliss-reactive ketones (excluding diaryl/α,β-unsaturated/α-hetero) is 1. The van der Waals surface area contributed by atoms with E-state index in [0.29, 0.717) is 55.4 Å². The summed E-state index contributed by atoms with van der Waals surface area (Å²) < 4.78 is 16.5. The molecular formula is C27H32N2O6. The van der Waals surface area contributed by atoms with Crippen molar-refractivity contribution in [2.75, 3.05) is 53.1 Å². The Kier molecular flexibility index (Phi) is 8.05. The summed E-state index contributed by atoms with van der Waals surface area (Å²) >= 11 is 0. The molecule has 8 heteroatoms. The van der Waals surface area contributed by atoms with Gasteiger partial charge >= 0.3 is 0 Å². The summed E-state index contributed by atoms with van der Waals surface area (Å²) in [5.41, 5.74) is 1.13. The molecule has 186 valence electrons. The lowest BCUT2D eigenvalue weighted by Gasteiger charge is -2.29. The summed E-state index contributed by atoms with van der Waals surface area (Å²) in [7, 11) is 1.55. The summed E-state index contributed by atoms with van der Waals surface area (Å²) in [5.74, 6) is -0.426. The van der Waals surface area contributed by atoms with Crippen molar-refractivity contribution >= 4 is 17.4 Å². The zero-order valence-electron chi connectivity index (χ0n) is 20.2. The first-order valence-electron chi connectivity index (χ1n) is 12.0. The Labute approximate surface area is 205 Å². The van der Waals surface area contributed by atoms with E-state index in [1.54, 1.807) is 42.3 Å². The van der Waals surface area contributed by atoms with Crippen LogP contribution in [0.25, 0.3) is 5.76 Å². The quantitative estimate of drug-likeness (QED) is 0.335. The van der Waals surface area contributed by atoms with Gasteiger partial charge in [0.05, 0.1) is 38.5 Å². The van der Waals surface area contributed by atoms with Gasteiger partial charge in [0, 0.05) is 37.3 Å². The highest BCUT2D eigenvalue weighted by atomic mass is 16.5. The molecule has 2 saturated heterocycles. The molecule has 8 nitrogen and oxygen atoms in total. The van der Waals surface area contributed by atoms with Gasteiger partial charge in [-0.25, -0.2) is 0 Å². The monoisotopic (exact) mass is 480 g/mol. The summed E-state index contributed by atoms with van der Waals surface area (Å²) in [6.45, 7) is 6.62. The van der Waals surface area contributed by atoms with E-state index in [9.17, 15) is 14.7 Å². The number of para-hydroxylation sites is 1. The van der Waals surface area contributed by atoms with Crippen LogP contribution in [0.15, 0.2) is 54.1 Å². The molecule has 1 N–H and O–H groups in total. The van der Waals surface area contributed by atoms with Gasteiger partial charge < -0.3 is 24.2 Å². The zero-order valence-corrected chi connectivity index (χ0v) is 20.2. The van der Waals surface area contributed by atoms with Crippen molar-refractivity contribution in [3.63, 3.8) is 0 Å². The number of carbonyl (C=O) groups excluding carboxylic acids is 2. The normalized spacial score (nSPS) is 20.3. The van der Waals surface area contributed by atoms with Crippen LogP contribution in [0.2, 0.25) is 0 Å². The number of hydrogen-bond acceptors (Lipinski definition) is 7. The maximum absolute atomic E-state index is 13.3. The SMILES string of the molecule is CCOc1cccc(/C(O)=C2\C(=O)C(=O)N(CCCN3CCOCC3)C2c2ccccc2OC)c1. The molecular weight excluding hydrogens is 448 g/mol. The second kappa shape index (κ2) is 11.4. The van der Waals surface area contributed by atoms with E-state index < -0.39 is 17.7 Å². The van der Waals surface area contributed by atoms with Gasteiger partial charge in [-0.15, -0.1) is 0 Å². The van der Waals surface area contributed by atoms with E-state index in [2.05, 4.69) is 4.90 Å². The average molecular weight is 481 g/mol. The second-order valence-corrected chi connectivity index (χ2v) is 8.50. The number of benzene rings is 2. The molecule has 2 aromatic rings. The lowest BCUT2D eigenvalue weighted by molar-refractivity contribution is -0.140. The van der Waals surface area contributed by atoms with Gasteiger partial charge in [-0.2, -0.15) is 0 Å². The highest BCUT2D eigenvalue weighted by Crippen LogP contribution is 2.42. The molecule has 2 aliphatic rings. The number of amides is 1. The number of ether oxygens (including phenoxy) is 3. The highest BCUT2D eigenvalue weighted by molar-refractivity contribution is 6.46. The Balaban J connectivity index is 1.71. The molecule has 2 fully saturated rings. The third-order valence-corrected chi connectivity index (χ3v) is 6.37. The van der Waals surface area contributed by atoms with Crippen LogP contribution >= 0.6 is 0 Å². The summed E-state index contributed by atoms with van der Waals surface area (Å²) in [5, 5.41) is 11.3. The van der Waals surface area contributed by atoms with E-state index in [1.165, 1.54) is 0 Å². The number of ketones is 1. The van der Waals surface area contributed by atoms with Gasteiger partial charge in [0.2, 0.25) is 0 Å². The van der Waals surface area contributed by atoms with Crippen molar-refractivity contribution in [2.45, 2.75) is 19.4 Å². The van der Waals surface area contributed by atoms with Crippen molar-refractivity contribution in [1.29, 1.82) is 0 Å². The minimum atomic E-state index is -0.758. The van der Waals surface area contributed by atoms with Gasteiger partial charge in [0.1, 0.15) is 17.3 Å². The number of methoxy groups -OCH3 is 1. The number of morpholine rings is 1. The molecule has 2 aromatic carbocycles. The van der Waals surface area contributed by atoms with Crippen LogP contribution in [0.1, 0.15) is 30.5 Å². The third kappa shape index (κ3) is 5.33. The van der Waals surface area contributed by atoms with Crippen LogP contribution in [-0.4, -0.2) is 79.7 Å². The molecule has 1 amide bonds. The minimum Gasteiger partial charge on any atom is -0.507 e. The van der Waals surface area contributed by atoms with E-state index in [4.69, 9.17) is 14.2 Å². The Morgan fingerprint density at radius 1 is 1.09 bits per heavy atom. The standard InChI is InChI=1S/C27H32N2O6/c1-3-35-20-9-6-8-19(18-20)25(30)23-24(21-10-4-5-11-22(21)33-2)29(27(32)26(23)31)13-7-12-28-14-16-34-17-15-28/h4-6,8-11,18,24,30H,3,7,12-17H2,1-2H3/b25-23+. The van der Waals surface area contributed by atoms with Gasteiger partial charge in [-0.3, -0.25) is 14.5 Å². The Hall–Kier alpha value is -3.36. The number of aliphatic hydroxyl groups is 1. The Bertz CT molecular complexity index is 1090. The van der Waals surface area contributed by atoms with Crippen molar-refractivity contribution in [3.05, 3.63) is 65.2 Å². The number of carbonyl (C=O) groups is 2. The highest BCUT2D eigenvalue weighted by Gasteiger charge is 2.46. The fourth-order valence-electron chi connectivity index (χ4n) is 4.67. The van der Waals surface area contributed by atoms with Crippen LogP contribution in [0.5, 0.6) is 11.5 Å². The summed E-state index contributed by atoms with van der Waals surface area (Å²) in [4.78, 5) is 30.3. The Morgan fingerprint density at radius 3 is 2.60 bits per heavy atom.